The molecule has 2 aromatic carbocycles. The summed E-state index contributed by atoms with van der Waals surface area (Å²) >= 11 is 1.33. The van der Waals surface area contributed by atoms with Gasteiger partial charge in [-0.1, -0.05) is 61.0 Å². The Hall–Kier alpha value is -3.25. The van der Waals surface area contributed by atoms with Crippen molar-refractivity contribution in [3.05, 3.63) is 76.7 Å². The Bertz CT molecular complexity index is 1040. The fourth-order valence-corrected chi connectivity index (χ4v) is 3.41. The summed E-state index contributed by atoms with van der Waals surface area (Å²) in [4.78, 5) is 28.8. The third-order valence-electron chi connectivity index (χ3n) is 4.54. The second-order valence-electron chi connectivity index (χ2n) is 6.90. The van der Waals surface area contributed by atoms with Crippen molar-refractivity contribution in [1.82, 2.24) is 4.98 Å². The standard InChI is InChI=1S/C24H24N2O3S/c1-4-18-9-12-20(13-10-18)21-15-30-24(25-21)26-23(28)17(3)29-22(27)14-11-19-7-5-16(2)6-8-19/h5-15,17H,4H2,1-3H3,(H,25,26,28)/b14-11+/t17-/m1/s1. The van der Waals surface area contributed by atoms with Gasteiger partial charge in [-0.15, -0.1) is 11.3 Å². The largest absolute Gasteiger partial charge is 0.449 e. The van der Waals surface area contributed by atoms with Crippen molar-refractivity contribution < 1.29 is 14.3 Å². The van der Waals surface area contributed by atoms with Crippen LogP contribution in [0.25, 0.3) is 17.3 Å². The molecular formula is C24H24N2O3S. The molecule has 1 aromatic heterocycles. The summed E-state index contributed by atoms with van der Waals surface area (Å²) in [5.74, 6) is -0.997. The Balaban J connectivity index is 1.54. The fourth-order valence-electron chi connectivity index (χ4n) is 2.69. The molecule has 3 rings (SSSR count). The van der Waals surface area contributed by atoms with Crippen molar-refractivity contribution in [2.24, 2.45) is 0 Å². The average Bonchev–Trinajstić information content (AvgIpc) is 3.21. The summed E-state index contributed by atoms with van der Waals surface area (Å²) in [6, 6.07) is 15.9. The van der Waals surface area contributed by atoms with E-state index in [1.54, 1.807) is 6.08 Å². The number of thiazole rings is 1. The molecule has 3 aromatic rings. The number of amides is 1. The molecular weight excluding hydrogens is 396 g/mol. The molecule has 1 N–H and O–H groups in total. The van der Waals surface area contributed by atoms with Crippen molar-refractivity contribution in [3.8, 4) is 11.3 Å². The molecule has 0 saturated heterocycles. The number of hydrogen-bond donors (Lipinski definition) is 1. The van der Waals surface area contributed by atoms with E-state index in [1.807, 2.05) is 48.7 Å². The first-order valence-corrected chi connectivity index (χ1v) is 10.6. The number of nitrogens with zero attached hydrogens (tertiary/aromatic N) is 1. The van der Waals surface area contributed by atoms with E-state index in [4.69, 9.17) is 4.74 Å². The zero-order valence-corrected chi connectivity index (χ0v) is 18.0. The van der Waals surface area contributed by atoms with Gasteiger partial charge in [0.25, 0.3) is 5.91 Å². The van der Waals surface area contributed by atoms with Crippen molar-refractivity contribution >= 4 is 34.4 Å². The van der Waals surface area contributed by atoms with E-state index in [2.05, 4.69) is 29.4 Å². The summed E-state index contributed by atoms with van der Waals surface area (Å²) in [7, 11) is 0. The molecule has 0 radical (unpaired) electrons. The number of ether oxygens (including phenoxy) is 1. The number of carbonyl (C=O) groups is 2. The number of hydrogen-bond acceptors (Lipinski definition) is 5. The molecule has 0 spiro atoms. The predicted octanol–water partition coefficient (Wildman–Crippen LogP) is 5.26. The molecule has 30 heavy (non-hydrogen) atoms. The maximum atomic E-state index is 12.3. The average molecular weight is 421 g/mol. The number of benzene rings is 2. The van der Waals surface area contributed by atoms with Crippen molar-refractivity contribution in [2.45, 2.75) is 33.3 Å². The van der Waals surface area contributed by atoms with Crippen LogP contribution >= 0.6 is 11.3 Å². The van der Waals surface area contributed by atoms with Gasteiger partial charge in [-0.25, -0.2) is 9.78 Å². The molecule has 0 aliphatic carbocycles. The molecule has 1 heterocycles. The van der Waals surface area contributed by atoms with Crippen LogP contribution in [0.2, 0.25) is 0 Å². The summed E-state index contributed by atoms with van der Waals surface area (Å²) in [6.07, 6.45) is 3.02. The maximum absolute atomic E-state index is 12.3. The van der Waals surface area contributed by atoms with E-state index in [9.17, 15) is 9.59 Å². The first-order valence-electron chi connectivity index (χ1n) is 9.75. The molecule has 154 valence electrons. The zero-order valence-electron chi connectivity index (χ0n) is 17.2. The van der Waals surface area contributed by atoms with Gasteiger partial charge >= 0.3 is 5.97 Å². The minimum atomic E-state index is -0.934. The Morgan fingerprint density at radius 2 is 1.83 bits per heavy atom. The second kappa shape index (κ2) is 9.98. The summed E-state index contributed by atoms with van der Waals surface area (Å²) in [5.41, 5.74) is 5.07. The first kappa shape index (κ1) is 21.5. The van der Waals surface area contributed by atoms with Crippen LogP contribution in [0.4, 0.5) is 5.13 Å². The van der Waals surface area contributed by atoms with Crippen molar-refractivity contribution in [3.63, 3.8) is 0 Å². The Morgan fingerprint density at radius 1 is 1.13 bits per heavy atom. The third kappa shape index (κ3) is 5.87. The summed E-state index contributed by atoms with van der Waals surface area (Å²) in [5, 5.41) is 5.06. The van der Waals surface area contributed by atoms with Gasteiger partial charge < -0.3 is 4.74 Å². The zero-order chi connectivity index (χ0) is 21.5. The van der Waals surface area contributed by atoms with E-state index >= 15 is 0 Å². The normalized spacial score (nSPS) is 12.0. The van der Waals surface area contributed by atoms with E-state index in [0.29, 0.717) is 5.13 Å². The molecule has 1 atom stereocenters. The van der Waals surface area contributed by atoms with Crippen molar-refractivity contribution in [1.29, 1.82) is 0 Å². The first-order chi connectivity index (χ1) is 14.4. The van der Waals surface area contributed by atoms with E-state index in [0.717, 1.165) is 28.8 Å². The molecule has 6 heteroatoms. The molecule has 0 fully saturated rings. The van der Waals surface area contributed by atoms with Crippen LogP contribution < -0.4 is 5.32 Å². The van der Waals surface area contributed by atoms with Crippen LogP contribution in [0.3, 0.4) is 0 Å². The highest BCUT2D eigenvalue weighted by Gasteiger charge is 2.18. The lowest BCUT2D eigenvalue weighted by Crippen LogP contribution is -2.29. The monoisotopic (exact) mass is 420 g/mol. The van der Waals surface area contributed by atoms with Crippen LogP contribution in [0.1, 0.15) is 30.5 Å². The number of rotatable bonds is 7. The number of anilines is 1. The lowest BCUT2D eigenvalue weighted by molar-refractivity contribution is -0.148. The Morgan fingerprint density at radius 3 is 2.50 bits per heavy atom. The van der Waals surface area contributed by atoms with Crippen LogP contribution in [-0.2, 0) is 20.7 Å². The smallest absolute Gasteiger partial charge is 0.331 e. The molecule has 0 aliphatic heterocycles. The lowest BCUT2D eigenvalue weighted by Gasteiger charge is -2.10. The molecule has 0 bridgehead atoms. The Kier molecular flexibility index (Phi) is 7.14. The number of aryl methyl sites for hydroxylation is 2. The highest BCUT2D eigenvalue weighted by molar-refractivity contribution is 7.14. The van der Waals surface area contributed by atoms with Gasteiger partial charge in [0.15, 0.2) is 11.2 Å². The quantitative estimate of drug-likeness (QED) is 0.418. The fraction of sp³-hybridized carbons (Fsp3) is 0.208. The summed E-state index contributed by atoms with van der Waals surface area (Å²) < 4.78 is 5.19. The predicted molar refractivity (Wildman–Crippen MR) is 121 cm³/mol. The van der Waals surface area contributed by atoms with Gasteiger partial charge in [0, 0.05) is 17.0 Å². The minimum Gasteiger partial charge on any atom is -0.449 e. The van der Waals surface area contributed by atoms with Crippen LogP contribution in [0.15, 0.2) is 60.0 Å². The summed E-state index contributed by atoms with van der Waals surface area (Å²) in [6.45, 7) is 5.64. The van der Waals surface area contributed by atoms with Crippen LogP contribution in [0, 0.1) is 6.92 Å². The van der Waals surface area contributed by atoms with Gasteiger partial charge in [0.2, 0.25) is 0 Å². The topological polar surface area (TPSA) is 68.3 Å². The Labute approximate surface area is 180 Å². The third-order valence-corrected chi connectivity index (χ3v) is 5.30. The highest BCUT2D eigenvalue weighted by Crippen LogP contribution is 2.25. The molecule has 1 amide bonds. The number of aromatic nitrogens is 1. The lowest BCUT2D eigenvalue weighted by atomic mass is 10.1. The minimum absolute atomic E-state index is 0.422. The molecule has 0 aliphatic rings. The van der Waals surface area contributed by atoms with Gasteiger partial charge in [-0.05, 0) is 37.5 Å². The van der Waals surface area contributed by atoms with Crippen molar-refractivity contribution in [2.75, 3.05) is 5.32 Å². The van der Waals surface area contributed by atoms with Gasteiger partial charge in [0.05, 0.1) is 5.69 Å². The SMILES string of the molecule is CCc1ccc(-c2csc(NC(=O)[C@@H](C)OC(=O)/C=C/c3ccc(C)cc3)n2)cc1. The van der Waals surface area contributed by atoms with E-state index in [-0.39, 0.29) is 0 Å². The van der Waals surface area contributed by atoms with Crippen LogP contribution in [-0.4, -0.2) is 23.0 Å². The van der Waals surface area contributed by atoms with E-state index in [1.165, 1.54) is 29.9 Å². The highest BCUT2D eigenvalue weighted by atomic mass is 32.1. The molecule has 0 unspecified atom stereocenters. The van der Waals surface area contributed by atoms with Gasteiger partial charge in [-0.2, -0.15) is 0 Å². The second-order valence-corrected chi connectivity index (χ2v) is 7.76. The van der Waals surface area contributed by atoms with Gasteiger partial charge in [-0.3, -0.25) is 10.1 Å². The van der Waals surface area contributed by atoms with E-state index < -0.39 is 18.0 Å². The molecule has 0 saturated carbocycles. The number of nitrogens with one attached hydrogen (secondary N) is 1. The van der Waals surface area contributed by atoms with Crippen LogP contribution in [0.5, 0.6) is 0 Å². The van der Waals surface area contributed by atoms with Gasteiger partial charge in [0.1, 0.15) is 0 Å². The number of esters is 1. The number of carbonyl (C=O) groups excluding carboxylic acids is 2. The maximum Gasteiger partial charge on any atom is 0.331 e. The molecule has 5 nitrogen and oxygen atoms in total.